The molecule has 0 amide bonds. The van der Waals surface area contributed by atoms with Crippen LogP contribution in [0.15, 0.2) is 0 Å². The fourth-order valence-corrected chi connectivity index (χ4v) is 21.1. The Morgan fingerprint density at radius 3 is 0.431 bits per heavy atom. The second-order valence-electron chi connectivity index (χ2n) is 28.5. The van der Waals surface area contributed by atoms with Crippen molar-refractivity contribution in [1.82, 2.24) is 0 Å². The third-order valence-corrected chi connectivity index (χ3v) is 28.5. The lowest BCUT2D eigenvalue weighted by Gasteiger charge is -2.51. The maximum atomic E-state index is 12.2. The van der Waals surface area contributed by atoms with Gasteiger partial charge in [0.15, 0.2) is 50.3 Å². The highest BCUT2D eigenvalue weighted by molar-refractivity contribution is 8.00. The van der Waals surface area contributed by atoms with E-state index in [1.807, 2.05) is 13.8 Å². The molecule has 116 heavy (non-hydrogen) atoms. The van der Waals surface area contributed by atoms with E-state index < -0.39 is 282 Å². The SMILES string of the molecule is CCSCC1O[C@@H]2O[C@@H]3C(CSCCC(=O)O)O[C@H](O[C@@H]4C(CSCCC(=O)O)O[C@H](O[C@@H]5C(CSCCC(=O)O)O[C@H](O[C@@H]6C(CSCCC(=O)O)O[C@@H](O[C@@H]7C(CSCC)O[C@@H](O[C@H]8C(CSCC)O[C@H](O[C@@H]9C(CSCC)O[C@H](O[C@H]1[C@H](O)C2O)C(O)[C@H]9O)C(O)[C@H]8O)C(O)[C@H]7O)C(O)[C@H]6O)C(O)[C@H]5O)C(O)[C@H]4O)C(O)[C@H]3O. The van der Waals surface area contributed by atoms with Crippen LogP contribution in [0.4, 0.5) is 0 Å². The normalized spacial score (nSPS) is 44.7. The number of hydrogen-bond acceptors (Lipinski definition) is 44. The van der Waals surface area contributed by atoms with E-state index >= 15 is 0 Å². The Morgan fingerprint density at radius 2 is 0.319 bits per heavy atom. The van der Waals surface area contributed by atoms with Gasteiger partial charge in [-0.25, -0.2) is 0 Å². The van der Waals surface area contributed by atoms with Crippen LogP contribution >= 0.6 is 94.1 Å². The Labute approximate surface area is 701 Å². The van der Waals surface area contributed by atoms with E-state index in [9.17, 15) is 121 Å². The lowest BCUT2D eigenvalue weighted by molar-refractivity contribution is -0.396. The molecule has 0 spiro atoms. The number of carbonyl (C=O) groups is 4. The van der Waals surface area contributed by atoms with Gasteiger partial charge in [-0.1, -0.05) is 27.7 Å². The van der Waals surface area contributed by atoms with Crippen LogP contribution in [0, 0.1) is 0 Å². The number of carboxylic acids is 4. The molecule has 0 aromatic rings. The Balaban J connectivity index is 1.08. The molecule has 30 rings (SSSR count). The molecular weight excluding hydrogens is 1710 g/mol. The Bertz CT molecular complexity index is 2920. The first-order chi connectivity index (χ1) is 55.3. The van der Waals surface area contributed by atoms with Gasteiger partial charge in [0, 0.05) is 69.0 Å². The monoisotopic (exact) mass is 1820 g/mol. The Morgan fingerprint density at radius 1 is 0.198 bits per heavy atom. The van der Waals surface area contributed by atoms with Crippen LogP contribution in [0.1, 0.15) is 53.4 Å². The lowest BCUT2D eigenvalue weighted by atomic mass is 9.95. The molecule has 0 saturated carbocycles. The number of aliphatic hydroxyl groups is 16. The molecule has 40 nitrogen and oxygen atoms in total. The molecule has 0 aromatic carbocycles. The van der Waals surface area contributed by atoms with Crippen LogP contribution in [0.25, 0.3) is 0 Å². The zero-order valence-electron chi connectivity index (χ0n) is 63.6. The van der Waals surface area contributed by atoms with Crippen LogP contribution < -0.4 is 0 Å². The summed E-state index contributed by atoms with van der Waals surface area (Å²) < 4.78 is 101. The zero-order valence-corrected chi connectivity index (χ0v) is 70.1. The maximum absolute atomic E-state index is 12.2. The maximum Gasteiger partial charge on any atom is 0.304 e. The second kappa shape index (κ2) is 47.8. The van der Waals surface area contributed by atoms with Crippen molar-refractivity contribution >= 4 is 118 Å². The summed E-state index contributed by atoms with van der Waals surface area (Å²) in [7, 11) is 0. The number of hydrogen-bond donors (Lipinski definition) is 20. The lowest BCUT2D eigenvalue weighted by Crippen LogP contribution is -2.69. The van der Waals surface area contributed by atoms with Gasteiger partial charge in [-0.05, 0) is 23.0 Å². The quantitative estimate of drug-likeness (QED) is 0.0279. The molecule has 672 valence electrons. The minimum Gasteiger partial charge on any atom is -0.481 e. The van der Waals surface area contributed by atoms with Crippen LogP contribution in [0.5, 0.6) is 0 Å². The summed E-state index contributed by atoms with van der Waals surface area (Å²) in [6.45, 7) is 7.23. The van der Waals surface area contributed by atoms with Crippen molar-refractivity contribution in [1.29, 1.82) is 0 Å². The molecule has 48 heteroatoms. The molecule has 30 fully saturated rings. The fourth-order valence-electron chi connectivity index (χ4n) is 14.2. The van der Waals surface area contributed by atoms with Gasteiger partial charge in [0.25, 0.3) is 0 Å². The average molecular weight is 1830 g/mol. The summed E-state index contributed by atoms with van der Waals surface area (Å²) in [5.74, 6) is -4.45. The third-order valence-electron chi connectivity index (χ3n) is 20.4. The molecule has 0 radical (unpaired) electrons. The van der Waals surface area contributed by atoms with E-state index in [1.165, 1.54) is 47.0 Å². The van der Waals surface area contributed by atoms with Gasteiger partial charge in [0.1, 0.15) is 146 Å². The smallest absolute Gasteiger partial charge is 0.304 e. The molecule has 30 heterocycles. The van der Waals surface area contributed by atoms with Crippen molar-refractivity contribution in [2.75, 3.05) is 92.0 Å². The van der Waals surface area contributed by atoms with Crippen LogP contribution in [-0.2, 0) is 95.0 Å². The predicted octanol–water partition coefficient (Wildman–Crippen LogP) is -5.50. The van der Waals surface area contributed by atoms with Gasteiger partial charge in [-0.2, -0.15) is 94.1 Å². The molecule has 16 unspecified atom stereocenters. The van der Waals surface area contributed by atoms with Crippen LogP contribution in [0.2, 0.25) is 0 Å². The Kier molecular flexibility index (Phi) is 40.9. The van der Waals surface area contributed by atoms with Crippen molar-refractivity contribution in [2.45, 2.75) is 299 Å². The minimum absolute atomic E-state index is 0.0129. The van der Waals surface area contributed by atoms with Crippen LogP contribution in [0.3, 0.4) is 0 Å². The second-order valence-corrected chi connectivity index (χ2v) is 38.4. The van der Waals surface area contributed by atoms with Gasteiger partial charge in [-0.15, -0.1) is 0 Å². The van der Waals surface area contributed by atoms with Gasteiger partial charge >= 0.3 is 23.9 Å². The van der Waals surface area contributed by atoms with E-state index in [1.54, 1.807) is 13.8 Å². The molecule has 0 aliphatic carbocycles. The molecule has 30 saturated heterocycles. The van der Waals surface area contributed by atoms with Crippen molar-refractivity contribution in [3.63, 3.8) is 0 Å². The van der Waals surface area contributed by atoms with Crippen molar-refractivity contribution in [3.05, 3.63) is 0 Å². The van der Waals surface area contributed by atoms with Crippen molar-refractivity contribution in [3.8, 4) is 0 Å². The van der Waals surface area contributed by atoms with E-state index in [2.05, 4.69) is 0 Å². The summed E-state index contributed by atoms with van der Waals surface area (Å²) in [4.78, 5) is 47.0. The first-order valence-electron chi connectivity index (χ1n) is 38.2. The summed E-state index contributed by atoms with van der Waals surface area (Å²) in [6, 6.07) is 0. The summed E-state index contributed by atoms with van der Waals surface area (Å²) >= 11 is 8.96. The van der Waals surface area contributed by atoms with Crippen molar-refractivity contribution < 1.29 is 197 Å². The van der Waals surface area contributed by atoms with Gasteiger partial charge in [0.05, 0.1) is 74.5 Å². The van der Waals surface area contributed by atoms with Gasteiger partial charge < -0.3 is 178 Å². The van der Waals surface area contributed by atoms with E-state index in [4.69, 9.17) is 75.8 Å². The standard InChI is InChI=1S/C68H112O40S8/c1-5-109-17-25-53-38(78)46(86)62(94-25)103-55-27(19-111-7-3)96-64(48(88)40(55)80)105-57-29(21-113-13-9-33(69)70)98-66(50(90)42(57)82)107-59-31(23-115-15-11-35(73)74)100-68(52(92)44(59)84)108-60-32(24-116-16-12-36(75)76)99-67(51(91)43(60)83)106-58-30(22-114-14-10-34(71)72)97-65(49(89)41(58)81)104-56-28(20-112-8-4)95-63(47(87)39(56)79)102-54-26(18-110-6-2)93-61(101-53)45(85)37(54)77/h25-32,37-68,77-92H,5-24H2,1-4H3,(H,69,70)(H,71,72)(H,73,74)(H,75,76)/t25?,26?,27?,28?,29?,30?,31?,32?,37-,38-,39-,40-,41-,42-,43-,44-,45?,46?,47?,48?,49?,50?,51?,52?,53-,54+,55-,56-,57-,58-,59-,60-,61-,62-,63+,64-,65+,66-,67-,68-/m1/s1. The number of rotatable bonds is 32. The first-order valence-corrected chi connectivity index (χ1v) is 47.4. The van der Waals surface area contributed by atoms with Crippen LogP contribution in [-0.4, -0.2) is 464 Å². The topological polar surface area (TPSA) is 621 Å². The summed E-state index contributed by atoms with van der Waals surface area (Å²) in [6.07, 6.45) is -75.6. The highest BCUT2D eigenvalue weighted by Crippen LogP contribution is 2.43. The summed E-state index contributed by atoms with van der Waals surface area (Å²) in [5.41, 5.74) is 0. The van der Waals surface area contributed by atoms with Crippen molar-refractivity contribution in [2.24, 2.45) is 0 Å². The fraction of sp³-hybridized carbons (Fsp3) is 0.941. The van der Waals surface area contributed by atoms with Gasteiger partial charge in [0.2, 0.25) is 0 Å². The third kappa shape index (κ3) is 25.9. The highest BCUT2D eigenvalue weighted by Gasteiger charge is 2.61. The molecule has 16 bridgehead atoms. The van der Waals surface area contributed by atoms with E-state index in [0.29, 0.717) is 23.0 Å². The summed E-state index contributed by atoms with van der Waals surface area (Å²) in [5, 5.41) is 232. The molecular formula is C68H112O40S8. The highest BCUT2D eigenvalue weighted by atomic mass is 32.2. The largest absolute Gasteiger partial charge is 0.481 e. The number of ether oxygens (including phenoxy) is 16. The number of thioether (sulfide) groups is 8. The number of aliphatic hydroxyl groups excluding tert-OH is 16. The number of aliphatic carboxylic acids is 4. The van der Waals surface area contributed by atoms with Gasteiger partial charge in [-0.3, -0.25) is 19.2 Å². The minimum atomic E-state index is -2.24. The number of carboxylic acid groups (broad SMARTS) is 4. The average Bonchev–Trinajstić information content (AvgIpc) is 0.772. The molecule has 30 aliphatic rings. The van der Waals surface area contributed by atoms with E-state index in [-0.39, 0.29) is 81.9 Å². The molecule has 30 aliphatic heterocycles. The zero-order chi connectivity index (χ0) is 84.5. The first kappa shape index (κ1) is 99.2. The predicted molar refractivity (Wildman–Crippen MR) is 415 cm³/mol. The molecule has 40 atom stereocenters. The Hall–Kier alpha value is -0.600. The molecule has 20 N–H and O–H groups in total. The van der Waals surface area contributed by atoms with E-state index in [0.717, 1.165) is 47.0 Å². The molecule has 0 aromatic heterocycles.